The minimum atomic E-state index is -0.326. The lowest BCUT2D eigenvalue weighted by atomic mass is 9.89. The van der Waals surface area contributed by atoms with E-state index >= 15 is 0 Å². The third-order valence-electron chi connectivity index (χ3n) is 19.5. The van der Waals surface area contributed by atoms with Crippen molar-refractivity contribution >= 4 is 51.7 Å². The summed E-state index contributed by atoms with van der Waals surface area (Å²) in [5.41, 5.74) is 15.7. The van der Waals surface area contributed by atoms with Gasteiger partial charge in [-0.15, -0.1) is 12.8 Å². The van der Waals surface area contributed by atoms with E-state index in [0.717, 1.165) is 127 Å². The van der Waals surface area contributed by atoms with Crippen LogP contribution in [0.5, 0.6) is 0 Å². The zero-order valence-electron chi connectivity index (χ0n) is 59.8. The summed E-state index contributed by atoms with van der Waals surface area (Å²) < 4.78 is 10.5. The molecule has 27 heteroatoms. The van der Waals surface area contributed by atoms with Crippen LogP contribution in [-0.2, 0) is 30.7 Å². The fourth-order valence-electron chi connectivity index (χ4n) is 13.7. The quantitative estimate of drug-likeness (QED) is 0.118. The van der Waals surface area contributed by atoms with Crippen LogP contribution in [-0.4, -0.2) is 172 Å². The number of aromatic nitrogens is 15. The molecule has 1 N–H and O–H groups in total. The second kappa shape index (κ2) is 30.3. The molecule has 0 unspecified atom stereocenters. The highest BCUT2D eigenvalue weighted by molar-refractivity contribution is 5.96. The van der Waals surface area contributed by atoms with Gasteiger partial charge in [-0.1, -0.05) is 17.9 Å². The molecule has 27 nitrogen and oxygen atoms in total. The number of anilines is 3. The summed E-state index contributed by atoms with van der Waals surface area (Å²) in [6.07, 6.45) is 39.5. The Hall–Kier alpha value is -14.7. The van der Waals surface area contributed by atoms with E-state index in [1.807, 2.05) is 138 Å². The van der Waals surface area contributed by atoms with Crippen molar-refractivity contribution in [1.82, 2.24) is 88.3 Å². The smallest absolute Gasteiger partial charge is 0.298 e. The second-order valence-corrected chi connectivity index (χ2v) is 26.5. The van der Waals surface area contributed by atoms with Gasteiger partial charge in [-0.2, -0.15) is 46.4 Å². The van der Waals surface area contributed by atoms with Gasteiger partial charge in [0.25, 0.3) is 17.7 Å². The Morgan fingerprint density at radius 2 is 0.833 bits per heavy atom. The van der Waals surface area contributed by atoms with Crippen LogP contribution in [0.1, 0.15) is 59.3 Å². The van der Waals surface area contributed by atoms with Crippen LogP contribution in [0.2, 0.25) is 0 Å². The van der Waals surface area contributed by atoms with Crippen LogP contribution in [0.15, 0.2) is 172 Å². The van der Waals surface area contributed by atoms with Crippen molar-refractivity contribution in [3.8, 4) is 121 Å². The zero-order chi connectivity index (χ0) is 75.2. The average molecular weight is 1430 g/mol. The maximum Gasteiger partial charge on any atom is 0.298 e. The number of hydrogen-bond acceptors (Lipinski definition) is 18. The number of nitriles is 3. The molecule has 3 aliphatic heterocycles. The number of nitrogens with zero attached hydrogens (tertiary/aromatic N) is 23. The predicted molar refractivity (Wildman–Crippen MR) is 408 cm³/mol. The average Bonchev–Trinajstić information content (AvgIpc) is 1.60. The minimum Gasteiger partial charge on any atom is -0.356 e. The number of carbonyl (C=O) groups is 3. The standard InChI is InChI=1S/C32H28N8O.C25H22N8O.C24H20N8O/c1-4-22-6-5-7-23(14-22)31(41)37-32(2)10-12-39(13-11-32)29-9-8-24(17-34-29)28-15-25(27-19-35-38(3)20-27)21-40-30(28)26(16-33)18-36-40;1-3-4-24(34)32-9-7-31(8-10-32)23-6-5-18(13-27-23)22-11-19(21-15-28-30(2)16-21)17-33-25(22)20(12-26)14-29-33;1-3-23(33)31-8-6-30(7-9-31)22-5-4-17(12-26-22)21-10-18(20-14-27-29(2)15-20)16-32-24(21)19(11-25)13-28-32/h1,5-9,14-15,17-21H,10-13H2,2-3H3,(H,37,41);5-6,11,13-17H,7-10H2,1-2H3;1,4-5,10,12-16H,6-9H2,2H3. The molecule has 3 saturated heterocycles. The number of nitrogens with one attached hydrogen (secondary N) is 1. The Labute approximate surface area is 621 Å². The largest absolute Gasteiger partial charge is 0.356 e. The lowest BCUT2D eigenvalue weighted by molar-refractivity contribution is -0.126. The molecule has 0 bridgehead atoms. The third kappa shape index (κ3) is 14.7. The molecular formula is C81H70N24O3. The number of fused-ring (bicyclic) bond motifs is 3. The van der Waals surface area contributed by atoms with Crippen LogP contribution in [0.25, 0.3) is 83.3 Å². The maximum atomic E-state index is 12.9. The van der Waals surface area contributed by atoms with E-state index < -0.39 is 0 Å². The van der Waals surface area contributed by atoms with Gasteiger partial charge in [0.2, 0.25) is 0 Å². The van der Waals surface area contributed by atoms with Crippen molar-refractivity contribution in [3.63, 3.8) is 0 Å². The predicted octanol–water partition coefficient (Wildman–Crippen LogP) is 8.73. The van der Waals surface area contributed by atoms with Crippen molar-refractivity contribution < 1.29 is 14.4 Å². The number of piperidine rings is 1. The number of pyridine rings is 6. The molecular weight excluding hydrogens is 1360 g/mol. The van der Waals surface area contributed by atoms with Gasteiger partial charge in [0.1, 0.15) is 35.7 Å². The number of carbonyl (C=O) groups excluding carboxylic acids is 3. The summed E-state index contributed by atoms with van der Waals surface area (Å²) in [6, 6.07) is 32.0. The van der Waals surface area contributed by atoms with Crippen molar-refractivity contribution in [3.05, 3.63) is 200 Å². The highest BCUT2D eigenvalue weighted by Gasteiger charge is 2.33. The van der Waals surface area contributed by atoms with Gasteiger partial charge in [0, 0.05) is 226 Å². The lowest BCUT2D eigenvalue weighted by Crippen LogP contribution is -2.53. The van der Waals surface area contributed by atoms with E-state index in [1.54, 1.807) is 93.5 Å². The molecule has 532 valence electrons. The molecule has 0 atom stereocenters. The topological polar surface area (TPSA) is 295 Å². The Morgan fingerprint density at radius 1 is 0.444 bits per heavy atom. The van der Waals surface area contributed by atoms with Crippen LogP contribution in [0.4, 0.5) is 17.5 Å². The van der Waals surface area contributed by atoms with Crippen molar-refractivity contribution in [2.75, 3.05) is 80.1 Å². The van der Waals surface area contributed by atoms with E-state index in [0.29, 0.717) is 80.2 Å². The minimum absolute atomic E-state index is 0.114. The van der Waals surface area contributed by atoms with Crippen LogP contribution < -0.4 is 20.0 Å². The first-order valence-electron chi connectivity index (χ1n) is 34.7. The fraction of sp³-hybridized carbons (Fsp3) is 0.222. The van der Waals surface area contributed by atoms with Gasteiger partial charge in [0.15, 0.2) is 0 Å². The first-order valence-corrected chi connectivity index (χ1v) is 34.7. The number of piperazine rings is 2. The van der Waals surface area contributed by atoms with Gasteiger partial charge >= 0.3 is 0 Å². The number of terminal acetylenes is 2. The molecule has 16 rings (SSSR count). The van der Waals surface area contributed by atoms with Gasteiger partial charge < -0.3 is 29.8 Å². The molecule has 13 aromatic rings. The molecule has 108 heavy (non-hydrogen) atoms. The number of amides is 3. The molecule has 3 aliphatic rings. The summed E-state index contributed by atoms with van der Waals surface area (Å²) in [6.45, 7) is 10.4. The van der Waals surface area contributed by atoms with E-state index in [1.165, 1.54) is 0 Å². The first kappa shape index (κ1) is 70.4. The monoisotopic (exact) mass is 1430 g/mol. The molecule has 3 fully saturated rings. The Kier molecular flexibility index (Phi) is 19.8. The highest BCUT2D eigenvalue weighted by atomic mass is 16.2. The molecule has 0 radical (unpaired) electrons. The fourth-order valence-corrected chi connectivity index (χ4v) is 13.7. The van der Waals surface area contributed by atoms with Crippen molar-refractivity contribution in [2.45, 2.75) is 32.2 Å². The summed E-state index contributed by atoms with van der Waals surface area (Å²) in [7, 11) is 5.62. The van der Waals surface area contributed by atoms with E-state index in [9.17, 15) is 30.2 Å². The third-order valence-corrected chi connectivity index (χ3v) is 19.5. The second-order valence-electron chi connectivity index (χ2n) is 26.5. The molecule has 3 amide bonds. The summed E-state index contributed by atoms with van der Waals surface area (Å²) >= 11 is 0. The Morgan fingerprint density at radius 3 is 1.17 bits per heavy atom. The first-order chi connectivity index (χ1) is 52.5. The molecule has 0 spiro atoms. The van der Waals surface area contributed by atoms with Gasteiger partial charge in [0.05, 0.1) is 70.4 Å². The lowest BCUT2D eigenvalue weighted by Gasteiger charge is -2.40. The molecule has 15 heterocycles. The zero-order valence-corrected chi connectivity index (χ0v) is 59.8. The normalized spacial score (nSPS) is 13.9. The van der Waals surface area contributed by atoms with Crippen LogP contribution in [0.3, 0.4) is 0 Å². The number of aryl methyl sites for hydroxylation is 3. The molecule has 1 aromatic carbocycles. The van der Waals surface area contributed by atoms with E-state index in [2.05, 4.69) is 110 Å². The maximum absolute atomic E-state index is 12.9. The number of benzene rings is 1. The van der Waals surface area contributed by atoms with Gasteiger partial charge in [-0.3, -0.25) is 28.4 Å². The van der Waals surface area contributed by atoms with Gasteiger partial charge in [-0.25, -0.2) is 28.5 Å². The SMILES string of the molecule is C#CC(=O)N1CCN(c2ccc(-c3cc(-c4cnn(C)c4)cn4ncc(C#N)c34)cn2)CC1.C#Cc1cccc(C(=O)NC2(C)CCN(c3ccc(-c4cc(-c5cnn(C)c5)cn5ncc(C#N)c45)cn3)CC2)c1.CC#CC(=O)N1CCN(c2ccc(-c3cc(-c4cnn(C)c4)cn4ncc(C#N)c34)cn2)CC1. The molecule has 0 aliphatic carbocycles. The summed E-state index contributed by atoms with van der Waals surface area (Å²) in [5.74, 6) is 12.1. The highest BCUT2D eigenvalue weighted by Crippen LogP contribution is 2.37. The van der Waals surface area contributed by atoms with E-state index in [4.69, 9.17) is 22.8 Å². The summed E-state index contributed by atoms with van der Waals surface area (Å²) in [4.78, 5) is 60.7. The molecule has 0 saturated carbocycles. The van der Waals surface area contributed by atoms with Crippen LogP contribution in [0, 0.1) is 70.5 Å². The number of hydrogen-bond donors (Lipinski definition) is 1. The summed E-state index contributed by atoms with van der Waals surface area (Å²) in [5, 5.41) is 58.2. The Bertz CT molecular complexity index is 5880. The van der Waals surface area contributed by atoms with Gasteiger partial charge in [-0.05, 0) is 111 Å². The Balaban J connectivity index is 0.000000137. The van der Waals surface area contributed by atoms with Crippen molar-refractivity contribution in [2.24, 2.45) is 21.1 Å². The van der Waals surface area contributed by atoms with E-state index in [-0.39, 0.29) is 23.3 Å². The number of rotatable bonds is 11. The molecule has 12 aromatic heterocycles. The van der Waals surface area contributed by atoms with Crippen LogP contribution >= 0.6 is 0 Å². The van der Waals surface area contributed by atoms with Crippen molar-refractivity contribution in [1.29, 1.82) is 15.8 Å².